The third kappa shape index (κ3) is 8.77. The van der Waals surface area contributed by atoms with E-state index in [0.29, 0.717) is 26.0 Å². The standard InChI is InChI=1S/C22H28N2O6S/c1-16-5-9-19(10-6-16)29-15-3-4-21(25)30-17(2)22(26)24-14-13-18-7-11-20(12-8-18)31(23,27)28/h5-12,17H,3-4,13-15H2,1-2H3,(H,24,26)(H2,23,27,28). The number of amides is 1. The zero-order valence-electron chi connectivity index (χ0n) is 17.7. The number of ether oxygens (including phenoxy) is 2. The maximum atomic E-state index is 12.1. The van der Waals surface area contributed by atoms with Crippen LogP contribution in [0.4, 0.5) is 0 Å². The van der Waals surface area contributed by atoms with Crippen LogP contribution < -0.4 is 15.2 Å². The lowest BCUT2D eigenvalue weighted by atomic mass is 10.1. The number of nitrogens with two attached hydrogens (primary N) is 1. The van der Waals surface area contributed by atoms with Crippen LogP contribution in [0.5, 0.6) is 5.75 Å². The van der Waals surface area contributed by atoms with E-state index in [1.807, 2.05) is 31.2 Å². The summed E-state index contributed by atoms with van der Waals surface area (Å²) in [6.45, 7) is 4.20. The molecule has 3 N–H and O–H groups in total. The second-order valence-electron chi connectivity index (χ2n) is 7.13. The molecule has 0 fully saturated rings. The van der Waals surface area contributed by atoms with Crippen LogP contribution in [0, 0.1) is 6.92 Å². The minimum atomic E-state index is -3.73. The Morgan fingerprint density at radius 2 is 1.71 bits per heavy atom. The first-order chi connectivity index (χ1) is 14.6. The van der Waals surface area contributed by atoms with Gasteiger partial charge in [-0.1, -0.05) is 29.8 Å². The molecule has 0 saturated carbocycles. The number of sulfonamides is 1. The number of hydrogen-bond donors (Lipinski definition) is 2. The second-order valence-corrected chi connectivity index (χ2v) is 8.69. The summed E-state index contributed by atoms with van der Waals surface area (Å²) in [5.41, 5.74) is 1.98. The Hall–Kier alpha value is -2.91. The van der Waals surface area contributed by atoms with Gasteiger partial charge in [0, 0.05) is 13.0 Å². The molecule has 0 aliphatic carbocycles. The Morgan fingerprint density at radius 3 is 2.32 bits per heavy atom. The van der Waals surface area contributed by atoms with Crippen molar-refractivity contribution in [2.24, 2.45) is 5.14 Å². The molecule has 2 aromatic carbocycles. The fraction of sp³-hybridized carbons (Fsp3) is 0.364. The summed E-state index contributed by atoms with van der Waals surface area (Å²) in [5.74, 6) is -0.120. The van der Waals surface area contributed by atoms with Crippen LogP contribution in [0.1, 0.15) is 30.9 Å². The van der Waals surface area contributed by atoms with Crippen LogP contribution in [0.25, 0.3) is 0 Å². The van der Waals surface area contributed by atoms with Crippen LogP contribution in [0.2, 0.25) is 0 Å². The van der Waals surface area contributed by atoms with Gasteiger partial charge < -0.3 is 14.8 Å². The molecule has 9 heteroatoms. The van der Waals surface area contributed by atoms with Gasteiger partial charge in [-0.05, 0) is 56.5 Å². The van der Waals surface area contributed by atoms with E-state index >= 15 is 0 Å². The highest BCUT2D eigenvalue weighted by atomic mass is 32.2. The van der Waals surface area contributed by atoms with Gasteiger partial charge in [0.15, 0.2) is 6.10 Å². The zero-order chi connectivity index (χ0) is 22.9. The lowest BCUT2D eigenvalue weighted by Gasteiger charge is -2.14. The van der Waals surface area contributed by atoms with Crippen molar-refractivity contribution in [3.8, 4) is 5.75 Å². The van der Waals surface area contributed by atoms with E-state index in [9.17, 15) is 18.0 Å². The van der Waals surface area contributed by atoms with Gasteiger partial charge in [0.05, 0.1) is 11.5 Å². The van der Waals surface area contributed by atoms with Crippen molar-refractivity contribution in [3.63, 3.8) is 0 Å². The van der Waals surface area contributed by atoms with Gasteiger partial charge in [-0.2, -0.15) is 0 Å². The molecule has 168 valence electrons. The molecule has 0 saturated heterocycles. The van der Waals surface area contributed by atoms with E-state index in [1.165, 1.54) is 19.1 Å². The molecule has 2 rings (SSSR count). The molecule has 0 radical (unpaired) electrons. The average Bonchev–Trinajstić information content (AvgIpc) is 2.72. The third-order valence-corrected chi connectivity index (χ3v) is 5.39. The molecule has 1 unspecified atom stereocenters. The average molecular weight is 449 g/mol. The lowest BCUT2D eigenvalue weighted by Crippen LogP contribution is -2.36. The smallest absolute Gasteiger partial charge is 0.306 e. The highest BCUT2D eigenvalue weighted by molar-refractivity contribution is 7.89. The number of aryl methyl sites for hydroxylation is 1. The molecule has 2 aromatic rings. The van der Waals surface area contributed by atoms with Gasteiger partial charge in [0.1, 0.15) is 5.75 Å². The topological polar surface area (TPSA) is 125 Å². The van der Waals surface area contributed by atoms with Crippen molar-refractivity contribution in [1.82, 2.24) is 5.32 Å². The number of hydrogen-bond acceptors (Lipinski definition) is 6. The largest absolute Gasteiger partial charge is 0.494 e. The van der Waals surface area contributed by atoms with Crippen LogP contribution in [0.15, 0.2) is 53.4 Å². The lowest BCUT2D eigenvalue weighted by molar-refractivity contribution is -0.155. The van der Waals surface area contributed by atoms with Crippen molar-refractivity contribution in [1.29, 1.82) is 0 Å². The highest BCUT2D eigenvalue weighted by Gasteiger charge is 2.17. The molecule has 0 aliphatic heterocycles. The number of benzene rings is 2. The van der Waals surface area contributed by atoms with E-state index in [2.05, 4.69) is 5.32 Å². The van der Waals surface area contributed by atoms with Crippen LogP contribution >= 0.6 is 0 Å². The Kier molecular flexibility index (Phi) is 9.02. The van der Waals surface area contributed by atoms with Crippen LogP contribution in [-0.2, 0) is 30.8 Å². The van der Waals surface area contributed by atoms with Crippen LogP contribution in [-0.4, -0.2) is 39.5 Å². The third-order valence-electron chi connectivity index (χ3n) is 4.46. The predicted molar refractivity (Wildman–Crippen MR) is 116 cm³/mol. The maximum absolute atomic E-state index is 12.1. The van der Waals surface area contributed by atoms with Gasteiger partial charge >= 0.3 is 5.97 Å². The number of rotatable bonds is 11. The highest BCUT2D eigenvalue weighted by Crippen LogP contribution is 2.12. The number of primary sulfonamides is 1. The van der Waals surface area contributed by atoms with Gasteiger partial charge in [0.2, 0.25) is 10.0 Å². The molecular weight excluding hydrogens is 420 g/mol. The summed E-state index contributed by atoms with van der Waals surface area (Å²) in [5, 5.41) is 7.75. The van der Waals surface area contributed by atoms with E-state index < -0.39 is 28.0 Å². The monoisotopic (exact) mass is 448 g/mol. The molecule has 0 aromatic heterocycles. The first kappa shape index (κ1) is 24.4. The van der Waals surface area contributed by atoms with E-state index in [4.69, 9.17) is 14.6 Å². The molecule has 0 aliphatic rings. The first-order valence-corrected chi connectivity index (χ1v) is 11.5. The van der Waals surface area contributed by atoms with Gasteiger partial charge in [-0.3, -0.25) is 9.59 Å². The van der Waals surface area contributed by atoms with Crippen molar-refractivity contribution in [3.05, 3.63) is 59.7 Å². The summed E-state index contributed by atoms with van der Waals surface area (Å²) in [4.78, 5) is 24.0. The number of carbonyl (C=O) groups is 2. The Morgan fingerprint density at radius 1 is 1.06 bits per heavy atom. The van der Waals surface area contributed by atoms with E-state index in [-0.39, 0.29) is 11.3 Å². The molecule has 0 heterocycles. The van der Waals surface area contributed by atoms with Crippen molar-refractivity contribution < 1.29 is 27.5 Å². The van der Waals surface area contributed by atoms with Gasteiger partial charge in [-0.25, -0.2) is 13.6 Å². The normalized spacial score (nSPS) is 12.1. The van der Waals surface area contributed by atoms with Gasteiger partial charge in [0.25, 0.3) is 5.91 Å². The Bertz CT molecular complexity index is 972. The van der Waals surface area contributed by atoms with Crippen molar-refractivity contribution in [2.75, 3.05) is 13.2 Å². The minimum absolute atomic E-state index is 0.0325. The van der Waals surface area contributed by atoms with Gasteiger partial charge in [-0.15, -0.1) is 0 Å². The van der Waals surface area contributed by atoms with Crippen molar-refractivity contribution >= 4 is 21.9 Å². The molecule has 0 bridgehead atoms. The molecule has 31 heavy (non-hydrogen) atoms. The molecule has 0 spiro atoms. The summed E-state index contributed by atoms with van der Waals surface area (Å²) < 4.78 is 33.2. The van der Waals surface area contributed by atoms with Crippen LogP contribution in [0.3, 0.4) is 0 Å². The summed E-state index contributed by atoms with van der Waals surface area (Å²) >= 11 is 0. The molecule has 1 atom stereocenters. The molecule has 8 nitrogen and oxygen atoms in total. The SMILES string of the molecule is Cc1ccc(OCCCC(=O)OC(C)C(=O)NCCc2ccc(S(N)(=O)=O)cc2)cc1. The summed E-state index contributed by atoms with van der Waals surface area (Å²) in [6, 6.07) is 13.7. The predicted octanol–water partition coefficient (Wildman–Crippen LogP) is 2.09. The number of carbonyl (C=O) groups excluding carboxylic acids is 2. The molecule has 1 amide bonds. The van der Waals surface area contributed by atoms with E-state index in [1.54, 1.807) is 12.1 Å². The molecular formula is C22H28N2O6S. The fourth-order valence-electron chi connectivity index (χ4n) is 2.67. The fourth-order valence-corrected chi connectivity index (χ4v) is 3.19. The zero-order valence-corrected chi connectivity index (χ0v) is 18.5. The number of esters is 1. The number of nitrogens with one attached hydrogen (secondary N) is 1. The second kappa shape index (κ2) is 11.5. The van der Waals surface area contributed by atoms with Crippen molar-refractivity contribution in [2.45, 2.75) is 44.1 Å². The Balaban J connectivity index is 1.63. The summed E-state index contributed by atoms with van der Waals surface area (Å²) in [7, 11) is -3.73. The minimum Gasteiger partial charge on any atom is -0.494 e. The summed E-state index contributed by atoms with van der Waals surface area (Å²) in [6.07, 6.45) is 0.221. The first-order valence-electron chi connectivity index (χ1n) is 9.93. The Labute approximate surface area is 182 Å². The quantitative estimate of drug-likeness (QED) is 0.401. The van der Waals surface area contributed by atoms with E-state index in [0.717, 1.165) is 16.9 Å². The maximum Gasteiger partial charge on any atom is 0.306 e.